The van der Waals surface area contributed by atoms with Gasteiger partial charge in [-0.15, -0.1) is 0 Å². The van der Waals surface area contributed by atoms with E-state index in [4.69, 9.17) is 14.2 Å². The Kier molecular flexibility index (Phi) is 4.32. The molecule has 0 bridgehead atoms. The van der Waals surface area contributed by atoms with Crippen LogP contribution >= 0.6 is 0 Å². The van der Waals surface area contributed by atoms with Crippen LogP contribution in [0, 0.1) is 0 Å². The number of hydrogen-bond donors (Lipinski definition) is 0. The molecule has 0 N–H and O–H groups in total. The van der Waals surface area contributed by atoms with E-state index in [1.165, 1.54) is 14.2 Å². The molecule has 0 radical (unpaired) electrons. The van der Waals surface area contributed by atoms with Gasteiger partial charge in [-0.25, -0.2) is 0 Å². The number of rotatable bonds is 5. The number of hydrogen-bond acceptors (Lipinski definition) is 5. The predicted molar refractivity (Wildman–Crippen MR) is 55.9 cm³/mol. The molecule has 0 unspecified atom stereocenters. The van der Waals surface area contributed by atoms with Crippen molar-refractivity contribution < 1.29 is 23.8 Å². The number of aldehydes is 1. The third kappa shape index (κ3) is 2.73. The molecule has 0 spiro atoms. The molecule has 16 heavy (non-hydrogen) atoms. The van der Waals surface area contributed by atoms with Crippen molar-refractivity contribution in [2.24, 2.45) is 0 Å². The van der Waals surface area contributed by atoms with E-state index in [0.29, 0.717) is 17.8 Å². The summed E-state index contributed by atoms with van der Waals surface area (Å²) in [6.45, 7) is 0. The van der Waals surface area contributed by atoms with Crippen molar-refractivity contribution in [1.29, 1.82) is 0 Å². The second-order valence-electron chi connectivity index (χ2n) is 2.84. The molecule has 0 saturated heterocycles. The zero-order valence-electron chi connectivity index (χ0n) is 9.06. The minimum Gasteiger partial charge on any atom is -0.493 e. The number of carbonyl (C=O) groups excluding carboxylic acids is 2. The van der Waals surface area contributed by atoms with Gasteiger partial charge in [-0.3, -0.25) is 4.79 Å². The molecular weight excluding hydrogens is 212 g/mol. The quantitative estimate of drug-likeness (QED) is 0.325. The molecular formula is C11H12O5. The Bertz CT molecular complexity index is 364. The topological polar surface area (TPSA) is 61.8 Å². The summed E-state index contributed by atoms with van der Waals surface area (Å²) < 4.78 is 15.0. The number of ether oxygens (including phenoxy) is 3. The second kappa shape index (κ2) is 5.75. The number of benzene rings is 1. The first-order valence-electron chi connectivity index (χ1n) is 4.58. The zero-order chi connectivity index (χ0) is 12.0. The molecule has 0 saturated carbocycles. The molecule has 0 aliphatic carbocycles. The Labute approximate surface area is 92.9 Å². The predicted octanol–water partition coefficient (Wildman–Crippen LogP) is 1.20. The van der Waals surface area contributed by atoms with Gasteiger partial charge in [-0.1, -0.05) is 6.07 Å². The first-order chi connectivity index (χ1) is 7.72. The van der Waals surface area contributed by atoms with E-state index < -0.39 is 5.97 Å². The molecule has 0 atom stereocenters. The van der Waals surface area contributed by atoms with E-state index in [0.717, 1.165) is 0 Å². The van der Waals surface area contributed by atoms with Gasteiger partial charge in [0.15, 0.2) is 11.5 Å². The maximum absolute atomic E-state index is 11.2. The van der Waals surface area contributed by atoms with Gasteiger partial charge in [-0.05, 0) is 12.1 Å². The average molecular weight is 224 g/mol. The molecule has 5 heteroatoms. The molecule has 1 aromatic carbocycles. The van der Waals surface area contributed by atoms with Crippen LogP contribution in [-0.4, -0.2) is 26.5 Å². The van der Waals surface area contributed by atoms with Gasteiger partial charge in [0.05, 0.1) is 14.2 Å². The van der Waals surface area contributed by atoms with Crippen molar-refractivity contribution in [3.8, 4) is 17.2 Å². The molecule has 0 amide bonds. The minimum atomic E-state index is -0.655. The van der Waals surface area contributed by atoms with E-state index in [1.54, 1.807) is 18.2 Å². The average Bonchev–Trinajstić information content (AvgIpc) is 2.29. The van der Waals surface area contributed by atoms with Crippen LogP contribution in [0.25, 0.3) is 0 Å². The van der Waals surface area contributed by atoms with E-state index in [1.807, 2.05) is 0 Å². The lowest BCUT2D eigenvalue weighted by molar-refractivity contribution is -0.135. The largest absolute Gasteiger partial charge is 0.493 e. The first-order valence-corrected chi connectivity index (χ1v) is 4.58. The van der Waals surface area contributed by atoms with Crippen LogP contribution in [0.3, 0.4) is 0 Å². The van der Waals surface area contributed by atoms with E-state index in [2.05, 4.69) is 0 Å². The lowest BCUT2D eigenvalue weighted by atomic mass is 10.3. The van der Waals surface area contributed by atoms with Crippen molar-refractivity contribution in [2.45, 2.75) is 6.42 Å². The molecule has 5 nitrogen and oxygen atoms in total. The molecule has 1 aromatic rings. The highest BCUT2D eigenvalue weighted by Crippen LogP contribution is 2.36. The second-order valence-corrected chi connectivity index (χ2v) is 2.84. The summed E-state index contributed by atoms with van der Waals surface area (Å²) in [4.78, 5) is 21.3. The Morgan fingerprint density at radius 3 is 2.25 bits per heavy atom. The van der Waals surface area contributed by atoms with Crippen molar-refractivity contribution in [3.05, 3.63) is 18.2 Å². The number of methoxy groups -OCH3 is 2. The van der Waals surface area contributed by atoms with Crippen LogP contribution in [0.5, 0.6) is 17.2 Å². The maximum Gasteiger partial charge on any atom is 0.318 e. The summed E-state index contributed by atoms with van der Waals surface area (Å²) in [7, 11) is 2.90. The van der Waals surface area contributed by atoms with E-state index >= 15 is 0 Å². The van der Waals surface area contributed by atoms with Gasteiger partial charge < -0.3 is 19.0 Å². The van der Waals surface area contributed by atoms with Crippen molar-refractivity contribution >= 4 is 12.3 Å². The van der Waals surface area contributed by atoms with E-state index in [-0.39, 0.29) is 12.2 Å². The fourth-order valence-electron chi connectivity index (χ4n) is 1.14. The SMILES string of the molecule is COc1cccc(OC)c1OC(=O)CC=O. The van der Waals surface area contributed by atoms with Gasteiger partial charge in [0.2, 0.25) is 5.75 Å². The molecule has 0 aliphatic rings. The Balaban J connectivity index is 2.99. The summed E-state index contributed by atoms with van der Waals surface area (Å²) in [5.41, 5.74) is 0. The van der Waals surface area contributed by atoms with Crippen LogP contribution in [-0.2, 0) is 9.59 Å². The minimum absolute atomic E-state index is 0.180. The Hall–Kier alpha value is -2.04. The lowest BCUT2D eigenvalue weighted by Gasteiger charge is -2.11. The van der Waals surface area contributed by atoms with Gasteiger partial charge in [0, 0.05) is 0 Å². The normalized spacial score (nSPS) is 9.38. The summed E-state index contributed by atoms with van der Waals surface area (Å²) in [6, 6.07) is 4.97. The summed E-state index contributed by atoms with van der Waals surface area (Å²) in [5.74, 6) is 0.273. The standard InChI is InChI=1S/C11H12O5/c1-14-8-4-3-5-9(15-2)11(8)16-10(13)6-7-12/h3-5,7H,6H2,1-2H3. The highest BCUT2D eigenvalue weighted by molar-refractivity contribution is 5.86. The zero-order valence-corrected chi connectivity index (χ0v) is 9.06. The Morgan fingerprint density at radius 1 is 1.25 bits per heavy atom. The summed E-state index contributed by atoms with van der Waals surface area (Å²) in [6.07, 6.45) is 0.172. The van der Waals surface area contributed by atoms with Gasteiger partial charge in [0.1, 0.15) is 12.7 Å². The Morgan fingerprint density at radius 2 is 1.81 bits per heavy atom. The van der Waals surface area contributed by atoms with Gasteiger partial charge in [-0.2, -0.15) is 0 Å². The van der Waals surface area contributed by atoms with Gasteiger partial charge in [0.25, 0.3) is 0 Å². The van der Waals surface area contributed by atoms with E-state index in [9.17, 15) is 9.59 Å². The van der Waals surface area contributed by atoms with Gasteiger partial charge >= 0.3 is 5.97 Å². The van der Waals surface area contributed by atoms with Crippen LogP contribution in [0.1, 0.15) is 6.42 Å². The van der Waals surface area contributed by atoms with Crippen LogP contribution in [0.2, 0.25) is 0 Å². The number of para-hydroxylation sites is 1. The fraction of sp³-hybridized carbons (Fsp3) is 0.273. The molecule has 86 valence electrons. The van der Waals surface area contributed by atoms with Crippen LogP contribution in [0.4, 0.5) is 0 Å². The smallest absolute Gasteiger partial charge is 0.318 e. The highest BCUT2D eigenvalue weighted by Gasteiger charge is 2.14. The molecule has 1 rings (SSSR count). The van der Waals surface area contributed by atoms with Crippen LogP contribution < -0.4 is 14.2 Å². The first kappa shape index (κ1) is 12.0. The maximum atomic E-state index is 11.2. The van der Waals surface area contributed by atoms with Crippen molar-refractivity contribution in [2.75, 3.05) is 14.2 Å². The number of carbonyl (C=O) groups is 2. The molecule has 0 aliphatic heterocycles. The molecule has 0 fully saturated rings. The third-order valence-corrected chi connectivity index (χ3v) is 1.85. The summed E-state index contributed by atoms with van der Waals surface area (Å²) >= 11 is 0. The molecule has 0 heterocycles. The highest BCUT2D eigenvalue weighted by atomic mass is 16.6. The van der Waals surface area contributed by atoms with Crippen molar-refractivity contribution in [1.82, 2.24) is 0 Å². The number of esters is 1. The summed E-state index contributed by atoms with van der Waals surface area (Å²) in [5, 5.41) is 0. The molecule has 0 aromatic heterocycles. The lowest BCUT2D eigenvalue weighted by Crippen LogP contribution is -2.09. The van der Waals surface area contributed by atoms with Crippen molar-refractivity contribution in [3.63, 3.8) is 0 Å². The fourth-order valence-corrected chi connectivity index (χ4v) is 1.14. The third-order valence-electron chi connectivity index (χ3n) is 1.85. The van der Waals surface area contributed by atoms with Crippen LogP contribution in [0.15, 0.2) is 18.2 Å². The monoisotopic (exact) mass is 224 g/mol.